The van der Waals surface area contributed by atoms with Gasteiger partial charge in [0.2, 0.25) is 0 Å². The maximum Gasteiger partial charge on any atom is 0.267 e. The molecule has 37 heavy (non-hydrogen) atoms. The van der Waals surface area contributed by atoms with E-state index in [1.165, 1.54) is 0 Å². The lowest BCUT2D eigenvalue weighted by molar-refractivity contribution is -0.113. The number of nitrogens with one attached hydrogen (secondary N) is 2. The minimum Gasteiger partial charge on any atom is -0.321 e. The second-order valence-corrected chi connectivity index (χ2v) is 9.10. The van der Waals surface area contributed by atoms with Gasteiger partial charge in [-0.3, -0.25) is 9.59 Å². The van der Waals surface area contributed by atoms with Crippen molar-refractivity contribution in [2.24, 2.45) is 0 Å². The number of benzene rings is 4. The molecular weight excluding hydrogens is 503 g/mol. The second-order valence-electron chi connectivity index (χ2n) is 8.28. The van der Waals surface area contributed by atoms with Gasteiger partial charge in [0.15, 0.2) is 0 Å². The minimum atomic E-state index is -0.366. The van der Waals surface area contributed by atoms with Gasteiger partial charge in [-0.2, -0.15) is 0 Å². The first-order chi connectivity index (χ1) is 18.0. The highest BCUT2D eigenvalue weighted by atomic mass is 35.5. The van der Waals surface area contributed by atoms with Gasteiger partial charge < -0.3 is 10.6 Å². The summed E-state index contributed by atoms with van der Waals surface area (Å²) in [5, 5.41) is 5.84. The molecule has 0 radical (unpaired) electrons. The lowest BCUT2D eigenvalue weighted by Gasteiger charge is -2.08. The number of carbonyl (C=O) groups excluding carboxylic acids is 2. The molecule has 0 aliphatic rings. The Bertz CT molecular complexity index is 1300. The normalized spacial score (nSPS) is 11.6. The molecule has 0 atom stereocenters. The van der Waals surface area contributed by atoms with Gasteiger partial charge in [-0.1, -0.05) is 108 Å². The zero-order valence-corrected chi connectivity index (χ0v) is 21.3. The van der Waals surface area contributed by atoms with E-state index < -0.39 is 0 Å². The molecule has 184 valence electrons. The Morgan fingerprint density at radius 2 is 0.892 bits per heavy atom. The van der Waals surface area contributed by atoms with Crippen LogP contribution >= 0.6 is 23.2 Å². The van der Waals surface area contributed by atoms with Crippen LogP contribution in [0.1, 0.15) is 22.3 Å². The molecule has 0 spiro atoms. The molecule has 0 unspecified atom stereocenters. The summed E-state index contributed by atoms with van der Waals surface area (Å²) in [4.78, 5) is 24.8. The average Bonchev–Trinajstić information content (AvgIpc) is 2.92. The summed E-state index contributed by atoms with van der Waals surface area (Å²) in [6, 6.07) is 34.0. The summed E-state index contributed by atoms with van der Waals surface area (Å²) in [5.41, 5.74) is 5.19. The molecule has 6 heteroatoms. The number of carbonyl (C=O) groups is 2. The summed E-state index contributed by atoms with van der Waals surface area (Å²) in [6.07, 6.45) is 3.96. The zero-order chi connectivity index (χ0) is 26.0. The third kappa shape index (κ3) is 7.94. The molecule has 0 heterocycles. The fourth-order valence-electron chi connectivity index (χ4n) is 3.55. The van der Waals surface area contributed by atoms with Crippen molar-refractivity contribution in [1.29, 1.82) is 0 Å². The van der Waals surface area contributed by atoms with Gasteiger partial charge in [0.1, 0.15) is 10.1 Å². The van der Waals surface area contributed by atoms with E-state index in [1.54, 1.807) is 12.2 Å². The van der Waals surface area contributed by atoms with E-state index in [1.807, 2.05) is 109 Å². The molecule has 0 bridgehead atoms. The van der Waals surface area contributed by atoms with E-state index in [4.69, 9.17) is 23.2 Å². The van der Waals surface area contributed by atoms with E-state index in [2.05, 4.69) is 10.6 Å². The maximum absolute atomic E-state index is 12.4. The van der Waals surface area contributed by atoms with Crippen LogP contribution in [0.15, 0.2) is 119 Å². The zero-order valence-electron chi connectivity index (χ0n) is 19.8. The molecule has 4 nitrogen and oxygen atoms in total. The number of anilines is 2. The van der Waals surface area contributed by atoms with Crippen LogP contribution in [0.2, 0.25) is 0 Å². The highest BCUT2D eigenvalue weighted by Gasteiger charge is 2.09. The molecule has 4 rings (SSSR count). The first-order valence-electron chi connectivity index (χ1n) is 11.6. The Kier molecular flexibility index (Phi) is 8.93. The first kappa shape index (κ1) is 26.0. The van der Waals surface area contributed by atoms with E-state index in [9.17, 15) is 9.59 Å². The highest BCUT2D eigenvalue weighted by molar-refractivity contribution is 6.46. The van der Waals surface area contributed by atoms with E-state index in [-0.39, 0.29) is 21.9 Å². The van der Waals surface area contributed by atoms with Crippen molar-refractivity contribution in [3.05, 3.63) is 142 Å². The molecule has 0 aliphatic carbocycles. The minimum absolute atomic E-state index is 0.110. The second kappa shape index (κ2) is 12.7. The van der Waals surface area contributed by atoms with Crippen molar-refractivity contribution in [1.82, 2.24) is 0 Å². The Morgan fingerprint density at radius 3 is 1.24 bits per heavy atom. The van der Waals surface area contributed by atoms with Gasteiger partial charge in [0, 0.05) is 11.4 Å². The lowest BCUT2D eigenvalue weighted by atomic mass is 10.0. The van der Waals surface area contributed by atoms with Gasteiger partial charge in [-0.05, 0) is 65.1 Å². The molecular formula is C31H24Cl2N2O2. The van der Waals surface area contributed by atoms with Crippen LogP contribution in [0.5, 0.6) is 0 Å². The summed E-state index contributed by atoms with van der Waals surface area (Å²) in [7, 11) is 0. The van der Waals surface area contributed by atoms with Crippen molar-refractivity contribution >= 4 is 58.5 Å². The molecule has 4 aromatic carbocycles. The van der Waals surface area contributed by atoms with Crippen LogP contribution in [0, 0.1) is 0 Å². The number of halogens is 2. The predicted octanol–water partition coefficient (Wildman–Crippen LogP) is 7.71. The molecule has 0 aliphatic heterocycles. The smallest absolute Gasteiger partial charge is 0.267 e. The van der Waals surface area contributed by atoms with Crippen molar-refractivity contribution in [2.45, 2.75) is 6.42 Å². The number of rotatable bonds is 8. The molecule has 2 amide bonds. The van der Waals surface area contributed by atoms with E-state index >= 15 is 0 Å². The Morgan fingerprint density at radius 1 is 0.541 bits per heavy atom. The fourth-order valence-corrected chi connectivity index (χ4v) is 3.90. The van der Waals surface area contributed by atoms with Crippen LogP contribution in [0.4, 0.5) is 11.4 Å². The molecule has 4 aromatic rings. The topological polar surface area (TPSA) is 58.2 Å². The maximum atomic E-state index is 12.4. The Labute approximate surface area is 226 Å². The van der Waals surface area contributed by atoms with Crippen molar-refractivity contribution in [3.8, 4) is 0 Å². The molecule has 0 saturated heterocycles. The summed E-state index contributed by atoms with van der Waals surface area (Å²) in [6.45, 7) is 0. The standard InChI is InChI=1S/C31H24Cl2N2O2/c32-28(20-22-7-3-1-4-8-22)30(36)34-26-15-11-24(12-16-26)19-25-13-17-27(18-14-25)35-31(37)29(33)21-23-9-5-2-6-10-23/h1-18,20-21H,19H2,(H,34,36)(H,35,37)/b28-20-,29-21-. The SMILES string of the molecule is O=C(Nc1ccc(Cc2ccc(NC(=O)/C(Cl)=C/c3ccccc3)cc2)cc1)/C(Cl)=C/c1ccccc1. The van der Waals surface area contributed by atoms with Crippen molar-refractivity contribution in [3.63, 3.8) is 0 Å². The van der Waals surface area contributed by atoms with Crippen LogP contribution in [0.25, 0.3) is 12.2 Å². The van der Waals surface area contributed by atoms with Gasteiger partial charge >= 0.3 is 0 Å². The summed E-state index contributed by atoms with van der Waals surface area (Å²) >= 11 is 12.3. The van der Waals surface area contributed by atoms with Crippen LogP contribution < -0.4 is 10.6 Å². The average molecular weight is 527 g/mol. The van der Waals surface area contributed by atoms with Crippen molar-refractivity contribution in [2.75, 3.05) is 10.6 Å². The first-order valence-corrected chi connectivity index (χ1v) is 12.4. The molecule has 0 aromatic heterocycles. The Hall–Kier alpha value is -4.12. The van der Waals surface area contributed by atoms with Gasteiger partial charge in [-0.25, -0.2) is 0 Å². The summed E-state index contributed by atoms with van der Waals surface area (Å²) < 4.78 is 0. The predicted molar refractivity (Wildman–Crippen MR) is 153 cm³/mol. The molecule has 0 fully saturated rings. The monoisotopic (exact) mass is 526 g/mol. The quantitative estimate of drug-likeness (QED) is 0.231. The largest absolute Gasteiger partial charge is 0.321 e. The number of hydrogen-bond acceptors (Lipinski definition) is 2. The third-order valence-electron chi connectivity index (χ3n) is 5.45. The van der Waals surface area contributed by atoms with Crippen LogP contribution in [-0.4, -0.2) is 11.8 Å². The van der Waals surface area contributed by atoms with Gasteiger partial charge in [0.05, 0.1) is 0 Å². The lowest BCUT2D eigenvalue weighted by Crippen LogP contribution is -2.11. The van der Waals surface area contributed by atoms with E-state index in [0.29, 0.717) is 17.8 Å². The van der Waals surface area contributed by atoms with Gasteiger partial charge in [-0.15, -0.1) is 0 Å². The van der Waals surface area contributed by atoms with Gasteiger partial charge in [0.25, 0.3) is 11.8 Å². The fraction of sp³-hybridized carbons (Fsp3) is 0.0323. The van der Waals surface area contributed by atoms with Crippen LogP contribution in [-0.2, 0) is 16.0 Å². The Balaban J connectivity index is 1.31. The summed E-state index contributed by atoms with van der Waals surface area (Å²) in [5.74, 6) is -0.732. The van der Waals surface area contributed by atoms with Crippen LogP contribution in [0.3, 0.4) is 0 Å². The molecule has 2 N–H and O–H groups in total. The molecule has 0 saturated carbocycles. The van der Waals surface area contributed by atoms with Crippen molar-refractivity contribution < 1.29 is 9.59 Å². The third-order valence-corrected chi connectivity index (χ3v) is 6.01. The number of amides is 2. The highest BCUT2D eigenvalue weighted by Crippen LogP contribution is 2.19. The van der Waals surface area contributed by atoms with E-state index in [0.717, 1.165) is 22.3 Å². The number of hydrogen-bond donors (Lipinski definition) is 2.